The minimum atomic E-state index is -0.314. The van der Waals surface area contributed by atoms with E-state index < -0.39 is 0 Å². The van der Waals surface area contributed by atoms with E-state index in [4.69, 9.17) is 32.4 Å². The topological polar surface area (TPSA) is 64.4 Å². The highest BCUT2D eigenvalue weighted by Crippen LogP contribution is 2.33. The molecule has 0 bridgehead atoms. The Kier molecular flexibility index (Phi) is 7.25. The molecule has 1 unspecified atom stereocenters. The Morgan fingerprint density at radius 3 is 2.76 bits per heavy atom. The molecule has 4 aromatic rings. The van der Waals surface area contributed by atoms with E-state index in [1.54, 1.807) is 24.3 Å². The number of hydrogen-bond acceptors (Lipinski definition) is 4. The number of nitrogens with zero attached hydrogens (tertiary/aromatic N) is 1. The van der Waals surface area contributed by atoms with Crippen LogP contribution in [0.15, 0.2) is 65.1 Å². The highest BCUT2D eigenvalue weighted by Gasteiger charge is 2.12. The maximum atomic E-state index is 12.5. The van der Waals surface area contributed by atoms with E-state index in [0.717, 1.165) is 23.1 Å². The van der Waals surface area contributed by atoms with E-state index in [2.05, 4.69) is 36.3 Å². The van der Waals surface area contributed by atoms with Gasteiger partial charge in [-0.1, -0.05) is 49.2 Å². The summed E-state index contributed by atoms with van der Waals surface area (Å²) in [6, 6.07) is 16.7. The minimum Gasteiger partial charge on any atom is -0.495 e. The summed E-state index contributed by atoms with van der Waals surface area (Å²) in [6.07, 6.45) is 4.06. The van der Waals surface area contributed by atoms with Crippen LogP contribution in [0.5, 0.6) is 5.75 Å². The standard InChI is InChI=1S/C27H24Cl2N2O3/c1-4-16(2)17-8-10-24-23(14-17)31-27(34-24)19-6-5-7-21(13-19)30-25(32)11-9-18-12-20(28)15-22(29)26(18)33-3/h5-16H,4H2,1-3H3,(H,30,32)/b11-9+. The van der Waals surface area contributed by atoms with Gasteiger partial charge in [0.25, 0.3) is 0 Å². The molecule has 0 aliphatic heterocycles. The van der Waals surface area contributed by atoms with Gasteiger partial charge in [-0.25, -0.2) is 4.98 Å². The van der Waals surface area contributed by atoms with Gasteiger partial charge in [0, 0.05) is 27.9 Å². The number of anilines is 1. The fraction of sp³-hybridized carbons (Fsp3) is 0.185. The lowest BCUT2D eigenvalue weighted by molar-refractivity contribution is -0.111. The summed E-state index contributed by atoms with van der Waals surface area (Å²) in [5, 5.41) is 3.68. The van der Waals surface area contributed by atoms with Crippen LogP contribution in [0.3, 0.4) is 0 Å². The van der Waals surface area contributed by atoms with Crippen molar-refractivity contribution in [2.45, 2.75) is 26.2 Å². The van der Waals surface area contributed by atoms with Crippen molar-refractivity contribution < 1.29 is 13.9 Å². The van der Waals surface area contributed by atoms with Gasteiger partial charge in [-0.05, 0) is 66.4 Å². The first kappa shape index (κ1) is 23.9. The molecule has 4 rings (SSSR count). The first-order chi connectivity index (χ1) is 16.4. The third-order valence-electron chi connectivity index (χ3n) is 5.63. The second-order valence-electron chi connectivity index (χ2n) is 7.97. The molecular weight excluding hydrogens is 471 g/mol. The zero-order valence-electron chi connectivity index (χ0n) is 19.1. The molecule has 0 aliphatic rings. The third-order valence-corrected chi connectivity index (χ3v) is 6.12. The van der Waals surface area contributed by atoms with E-state index >= 15 is 0 Å². The number of carbonyl (C=O) groups excluding carboxylic acids is 1. The maximum absolute atomic E-state index is 12.5. The number of oxazole rings is 1. The fourth-order valence-corrected chi connectivity index (χ4v) is 4.20. The smallest absolute Gasteiger partial charge is 0.248 e. The second kappa shape index (κ2) is 10.3. The normalized spacial score (nSPS) is 12.3. The van der Waals surface area contributed by atoms with Crippen LogP contribution in [0.1, 0.15) is 37.3 Å². The number of halogens is 2. The SMILES string of the molecule is CCC(C)c1ccc2oc(-c3cccc(NC(=O)/C=C/c4cc(Cl)cc(Cl)c4OC)c3)nc2c1. The summed E-state index contributed by atoms with van der Waals surface area (Å²) in [7, 11) is 1.51. The van der Waals surface area contributed by atoms with Crippen LogP contribution in [-0.2, 0) is 4.79 Å². The quantitative estimate of drug-likeness (QED) is 0.264. The molecule has 0 spiro atoms. The molecule has 0 fully saturated rings. The van der Waals surface area contributed by atoms with Crippen molar-refractivity contribution in [2.24, 2.45) is 0 Å². The molecule has 1 aromatic heterocycles. The number of benzene rings is 3. The van der Waals surface area contributed by atoms with Crippen LogP contribution in [-0.4, -0.2) is 18.0 Å². The van der Waals surface area contributed by atoms with Crippen LogP contribution in [0, 0.1) is 0 Å². The van der Waals surface area contributed by atoms with Gasteiger partial charge in [0.1, 0.15) is 11.3 Å². The van der Waals surface area contributed by atoms with E-state index in [-0.39, 0.29) is 5.91 Å². The van der Waals surface area contributed by atoms with Gasteiger partial charge in [0.05, 0.1) is 12.1 Å². The number of amides is 1. The zero-order valence-corrected chi connectivity index (χ0v) is 20.6. The highest BCUT2D eigenvalue weighted by molar-refractivity contribution is 6.36. The van der Waals surface area contributed by atoms with Crippen molar-refractivity contribution in [3.63, 3.8) is 0 Å². The van der Waals surface area contributed by atoms with E-state index in [1.165, 1.54) is 18.7 Å². The summed E-state index contributed by atoms with van der Waals surface area (Å²) >= 11 is 12.2. The number of fused-ring (bicyclic) bond motifs is 1. The zero-order chi connectivity index (χ0) is 24.2. The predicted molar refractivity (Wildman–Crippen MR) is 139 cm³/mol. The van der Waals surface area contributed by atoms with E-state index in [1.807, 2.05) is 24.3 Å². The molecular formula is C27H24Cl2N2O3. The van der Waals surface area contributed by atoms with Crippen LogP contribution in [0.4, 0.5) is 5.69 Å². The number of carbonyl (C=O) groups is 1. The number of aromatic nitrogens is 1. The van der Waals surface area contributed by atoms with Crippen LogP contribution < -0.4 is 10.1 Å². The van der Waals surface area contributed by atoms with E-state index in [9.17, 15) is 4.79 Å². The van der Waals surface area contributed by atoms with Gasteiger partial charge in [0.2, 0.25) is 11.8 Å². The average Bonchev–Trinajstić information content (AvgIpc) is 3.25. The molecule has 5 nitrogen and oxygen atoms in total. The average molecular weight is 495 g/mol. The molecule has 3 aromatic carbocycles. The van der Waals surface area contributed by atoms with Crippen LogP contribution in [0.25, 0.3) is 28.6 Å². The first-order valence-corrected chi connectivity index (χ1v) is 11.7. The third kappa shape index (κ3) is 5.27. The molecule has 1 N–H and O–H groups in total. The Balaban J connectivity index is 1.53. The summed E-state index contributed by atoms with van der Waals surface area (Å²) in [5.74, 6) is 1.09. The largest absolute Gasteiger partial charge is 0.495 e. The first-order valence-electron chi connectivity index (χ1n) is 10.9. The Hall–Kier alpha value is -3.28. The van der Waals surface area contributed by atoms with Gasteiger partial charge in [-0.3, -0.25) is 4.79 Å². The molecule has 174 valence electrons. The Morgan fingerprint density at radius 1 is 1.18 bits per heavy atom. The predicted octanol–water partition coefficient (Wildman–Crippen LogP) is 7.98. The summed E-state index contributed by atoms with van der Waals surface area (Å²) < 4.78 is 11.3. The van der Waals surface area contributed by atoms with Crippen molar-refractivity contribution in [3.05, 3.63) is 81.8 Å². The lowest BCUT2D eigenvalue weighted by Crippen LogP contribution is -2.07. The van der Waals surface area contributed by atoms with Crippen molar-refractivity contribution in [1.29, 1.82) is 0 Å². The molecule has 1 heterocycles. The summed E-state index contributed by atoms with van der Waals surface area (Å²) in [4.78, 5) is 17.2. The molecule has 0 aliphatic carbocycles. The van der Waals surface area contributed by atoms with Gasteiger partial charge >= 0.3 is 0 Å². The van der Waals surface area contributed by atoms with Gasteiger partial charge in [0.15, 0.2) is 5.58 Å². The van der Waals surface area contributed by atoms with Gasteiger partial charge in [-0.15, -0.1) is 0 Å². The number of methoxy groups -OCH3 is 1. The Morgan fingerprint density at radius 2 is 2.00 bits per heavy atom. The number of rotatable bonds is 7. The lowest BCUT2D eigenvalue weighted by Gasteiger charge is -2.08. The second-order valence-corrected chi connectivity index (χ2v) is 8.81. The molecule has 1 atom stereocenters. The molecule has 7 heteroatoms. The highest BCUT2D eigenvalue weighted by atomic mass is 35.5. The monoisotopic (exact) mass is 494 g/mol. The lowest BCUT2D eigenvalue weighted by atomic mass is 9.98. The molecule has 34 heavy (non-hydrogen) atoms. The molecule has 0 saturated carbocycles. The number of hydrogen-bond donors (Lipinski definition) is 1. The van der Waals surface area contributed by atoms with Crippen molar-refractivity contribution in [1.82, 2.24) is 4.98 Å². The minimum absolute atomic E-state index is 0.314. The fourth-order valence-electron chi connectivity index (χ4n) is 3.61. The van der Waals surface area contributed by atoms with E-state index in [0.29, 0.717) is 38.9 Å². The van der Waals surface area contributed by atoms with Gasteiger partial charge < -0.3 is 14.5 Å². The van der Waals surface area contributed by atoms with Crippen molar-refractivity contribution in [2.75, 3.05) is 12.4 Å². The molecule has 1 amide bonds. The Bertz CT molecular complexity index is 1380. The number of ether oxygens (including phenoxy) is 1. The van der Waals surface area contributed by atoms with Crippen molar-refractivity contribution >= 4 is 52.0 Å². The Labute approximate surface area is 208 Å². The molecule has 0 saturated heterocycles. The van der Waals surface area contributed by atoms with Crippen LogP contribution >= 0.6 is 23.2 Å². The van der Waals surface area contributed by atoms with Crippen molar-refractivity contribution in [3.8, 4) is 17.2 Å². The number of nitrogens with one attached hydrogen (secondary N) is 1. The molecule has 0 radical (unpaired) electrons. The summed E-state index contributed by atoms with van der Waals surface area (Å²) in [5.41, 5.74) is 4.78. The maximum Gasteiger partial charge on any atom is 0.248 e. The van der Waals surface area contributed by atoms with Gasteiger partial charge in [-0.2, -0.15) is 0 Å². The summed E-state index contributed by atoms with van der Waals surface area (Å²) in [6.45, 7) is 4.36. The van der Waals surface area contributed by atoms with Crippen LogP contribution in [0.2, 0.25) is 10.0 Å².